The molecule has 0 unspecified atom stereocenters. The van der Waals surface area contributed by atoms with Crippen molar-refractivity contribution in [1.82, 2.24) is 14.5 Å². The molecule has 5 heteroatoms. The summed E-state index contributed by atoms with van der Waals surface area (Å²) in [5.41, 5.74) is 2.36. The van der Waals surface area contributed by atoms with Gasteiger partial charge in [0.1, 0.15) is 0 Å². The summed E-state index contributed by atoms with van der Waals surface area (Å²) in [6.45, 7) is 4.68. The number of aryl methyl sites for hydroxylation is 1. The number of benzene rings is 1. The van der Waals surface area contributed by atoms with Gasteiger partial charge in [-0.1, -0.05) is 23.7 Å². The van der Waals surface area contributed by atoms with Crippen LogP contribution in [0.3, 0.4) is 0 Å². The fourth-order valence-electron chi connectivity index (χ4n) is 2.68. The summed E-state index contributed by atoms with van der Waals surface area (Å²) in [6, 6.07) is 8.34. The van der Waals surface area contributed by atoms with Gasteiger partial charge in [-0.05, 0) is 24.6 Å². The highest BCUT2D eigenvalue weighted by Gasteiger charge is 2.27. The van der Waals surface area contributed by atoms with E-state index >= 15 is 0 Å². The molecule has 3 rings (SSSR count). The minimum atomic E-state index is 0.0770. The lowest BCUT2D eigenvalue weighted by Crippen LogP contribution is -2.44. The summed E-state index contributed by atoms with van der Waals surface area (Å²) >= 11 is 6.08. The van der Waals surface area contributed by atoms with E-state index in [1.807, 2.05) is 37.8 Å². The van der Waals surface area contributed by atoms with Crippen LogP contribution >= 0.6 is 11.6 Å². The summed E-state index contributed by atoms with van der Waals surface area (Å²) < 4.78 is 8.05. The largest absolute Gasteiger partial charge is 0.371 e. The minimum absolute atomic E-state index is 0.0770. The Balaban J connectivity index is 1.74. The number of nitrogens with zero attached hydrogens (tertiary/aromatic N) is 3. The molecule has 21 heavy (non-hydrogen) atoms. The van der Waals surface area contributed by atoms with E-state index in [4.69, 9.17) is 16.3 Å². The molecule has 2 aromatic rings. The van der Waals surface area contributed by atoms with Gasteiger partial charge in [-0.2, -0.15) is 0 Å². The van der Waals surface area contributed by atoms with Crippen molar-refractivity contribution in [3.05, 3.63) is 53.1 Å². The van der Waals surface area contributed by atoms with Gasteiger partial charge in [0.25, 0.3) is 0 Å². The Morgan fingerprint density at radius 2 is 2.29 bits per heavy atom. The van der Waals surface area contributed by atoms with E-state index in [1.165, 1.54) is 5.69 Å². The lowest BCUT2D eigenvalue weighted by atomic mass is 10.1. The monoisotopic (exact) mass is 305 g/mol. The van der Waals surface area contributed by atoms with Gasteiger partial charge in [-0.3, -0.25) is 4.90 Å². The molecule has 0 radical (unpaired) electrons. The van der Waals surface area contributed by atoms with Gasteiger partial charge >= 0.3 is 0 Å². The normalized spacial score (nSPS) is 23.4. The van der Waals surface area contributed by atoms with Crippen LogP contribution in [-0.2, 0) is 18.3 Å². The predicted molar refractivity (Wildman–Crippen MR) is 83.2 cm³/mol. The van der Waals surface area contributed by atoms with E-state index in [9.17, 15) is 0 Å². The Morgan fingerprint density at radius 3 is 3.00 bits per heavy atom. The van der Waals surface area contributed by atoms with E-state index in [0.717, 1.165) is 30.3 Å². The third kappa shape index (κ3) is 3.28. The number of rotatable bonds is 3. The zero-order chi connectivity index (χ0) is 14.8. The van der Waals surface area contributed by atoms with Crippen LogP contribution in [0.4, 0.5) is 0 Å². The highest BCUT2D eigenvalue weighted by molar-refractivity contribution is 6.30. The summed E-state index contributed by atoms with van der Waals surface area (Å²) in [5, 5.41) is 0.757. The average Bonchev–Trinajstić information content (AvgIpc) is 2.87. The van der Waals surface area contributed by atoms with Crippen molar-refractivity contribution < 1.29 is 4.74 Å². The molecule has 1 aromatic heterocycles. The van der Waals surface area contributed by atoms with Crippen LogP contribution in [0.2, 0.25) is 5.02 Å². The van der Waals surface area contributed by atoms with Gasteiger partial charge in [0.05, 0.1) is 24.7 Å². The predicted octanol–water partition coefficient (Wildman–Crippen LogP) is 3.04. The maximum Gasteiger partial charge on any atom is 0.0953 e. The maximum absolute atomic E-state index is 6.08. The van der Waals surface area contributed by atoms with Gasteiger partial charge in [0.15, 0.2) is 0 Å². The van der Waals surface area contributed by atoms with Crippen LogP contribution in [0.15, 0.2) is 36.8 Å². The fourth-order valence-corrected chi connectivity index (χ4v) is 2.88. The van der Waals surface area contributed by atoms with E-state index in [-0.39, 0.29) is 6.10 Å². The van der Waals surface area contributed by atoms with Crippen LogP contribution in [0.25, 0.3) is 0 Å². The molecular formula is C16H20ClN3O. The van der Waals surface area contributed by atoms with Crippen molar-refractivity contribution in [1.29, 1.82) is 0 Å². The SMILES string of the molecule is C[C@H]1CO[C@@H](c2cccc(Cl)c2)CN1Cc1cncn1C. The van der Waals surface area contributed by atoms with Crippen molar-refractivity contribution >= 4 is 11.6 Å². The Bertz CT molecular complexity index is 613. The van der Waals surface area contributed by atoms with E-state index in [2.05, 4.69) is 27.4 Å². The van der Waals surface area contributed by atoms with Crippen LogP contribution in [-0.4, -0.2) is 33.6 Å². The first-order chi connectivity index (χ1) is 10.1. The number of ether oxygens (including phenoxy) is 1. The van der Waals surface area contributed by atoms with Crippen molar-refractivity contribution in [2.45, 2.75) is 25.6 Å². The van der Waals surface area contributed by atoms with E-state index in [0.29, 0.717) is 6.04 Å². The molecule has 1 aliphatic heterocycles. The Kier molecular flexibility index (Phi) is 4.29. The molecule has 0 saturated carbocycles. The van der Waals surface area contributed by atoms with Crippen molar-refractivity contribution in [2.24, 2.45) is 7.05 Å². The number of halogens is 1. The molecule has 1 saturated heterocycles. The zero-order valence-electron chi connectivity index (χ0n) is 12.4. The second-order valence-electron chi connectivity index (χ2n) is 5.65. The van der Waals surface area contributed by atoms with Gasteiger partial charge in [-0.15, -0.1) is 0 Å². The van der Waals surface area contributed by atoms with Crippen LogP contribution in [0.5, 0.6) is 0 Å². The molecular weight excluding hydrogens is 286 g/mol. The van der Waals surface area contributed by atoms with Crippen LogP contribution in [0, 0.1) is 0 Å². The number of hydrogen-bond donors (Lipinski definition) is 0. The molecule has 0 aliphatic carbocycles. The second kappa shape index (κ2) is 6.18. The zero-order valence-corrected chi connectivity index (χ0v) is 13.1. The molecule has 112 valence electrons. The summed E-state index contributed by atoms with van der Waals surface area (Å²) in [5.74, 6) is 0. The smallest absolute Gasteiger partial charge is 0.0953 e. The Morgan fingerprint density at radius 1 is 1.43 bits per heavy atom. The minimum Gasteiger partial charge on any atom is -0.371 e. The lowest BCUT2D eigenvalue weighted by Gasteiger charge is -2.38. The molecule has 0 amide bonds. The molecule has 0 spiro atoms. The number of morpholine rings is 1. The van der Waals surface area contributed by atoms with Crippen molar-refractivity contribution in [3.8, 4) is 0 Å². The van der Waals surface area contributed by atoms with Gasteiger partial charge in [0.2, 0.25) is 0 Å². The molecule has 0 N–H and O–H groups in total. The first kappa shape index (κ1) is 14.6. The highest BCUT2D eigenvalue weighted by Crippen LogP contribution is 2.27. The Labute approximate surface area is 130 Å². The summed E-state index contributed by atoms with van der Waals surface area (Å²) in [7, 11) is 2.03. The Hall–Kier alpha value is -1.36. The van der Waals surface area contributed by atoms with Gasteiger partial charge < -0.3 is 9.30 Å². The first-order valence-electron chi connectivity index (χ1n) is 7.20. The molecule has 0 bridgehead atoms. The summed E-state index contributed by atoms with van der Waals surface area (Å²) in [6.07, 6.45) is 3.85. The lowest BCUT2D eigenvalue weighted by molar-refractivity contribution is -0.0639. The molecule has 4 nitrogen and oxygen atoms in total. The molecule has 2 atom stereocenters. The van der Waals surface area contributed by atoms with Crippen molar-refractivity contribution in [2.75, 3.05) is 13.2 Å². The third-order valence-corrected chi connectivity index (χ3v) is 4.30. The summed E-state index contributed by atoms with van der Waals surface area (Å²) in [4.78, 5) is 6.63. The van der Waals surface area contributed by atoms with Gasteiger partial charge in [-0.25, -0.2) is 4.98 Å². The average molecular weight is 306 g/mol. The third-order valence-electron chi connectivity index (χ3n) is 4.06. The number of aromatic nitrogens is 2. The van der Waals surface area contributed by atoms with Gasteiger partial charge in [0, 0.05) is 37.4 Å². The number of hydrogen-bond acceptors (Lipinski definition) is 3. The van der Waals surface area contributed by atoms with Crippen LogP contribution in [0.1, 0.15) is 24.3 Å². The maximum atomic E-state index is 6.08. The molecule has 1 aromatic carbocycles. The quantitative estimate of drug-likeness (QED) is 0.873. The van der Waals surface area contributed by atoms with Crippen molar-refractivity contribution in [3.63, 3.8) is 0 Å². The molecule has 1 fully saturated rings. The first-order valence-corrected chi connectivity index (χ1v) is 7.57. The van der Waals surface area contributed by atoms with E-state index in [1.54, 1.807) is 0 Å². The van der Waals surface area contributed by atoms with E-state index < -0.39 is 0 Å². The highest BCUT2D eigenvalue weighted by atomic mass is 35.5. The second-order valence-corrected chi connectivity index (χ2v) is 6.09. The molecule has 1 aliphatic rings. The fraction of sp³-hybridized carbons (Fsp3) is 0.438. The topological polar surface area (TPSA) is 30.3 Å². The molecule has 2 heterocycles. The standard InChI is InChI=1S/C16H20ClN3O/c1-12-10-21-16(13-4-3-5-14(17)6-13)9-20(12)8-15-7-18-11-19(15)2/h3-7,11-12,16H,8-10H2,1-2H3/t12-,16+/m0/s1. The number of imidazole rings is 1. The van der Waals surface area contributed by atoms with Crippen LogP contribution < -0.4 is 0 Å².